The first-order chi connectivity index (χ1) is 8.74. The number of primary amides is 1. The van der Waals surface area contributed by atoms with E-state index in [-0.39, 0.29) is 28.4 Å². The molecule has 1 aromatic carbocycles. The summed E-state index contributed by atoms with van der Waals surface area (Å²) in [6, 6.07) is 3.06. The Morgan fingerprint density at radius 2 is 2.00 bits per heavy atom. The smallest absolute Gasteiger partial charge is 0.240 e. The van der Waals surface area contributed by atoms with Gasteiger partial charge in [-0.1, -0.05) is 12.2 Å². The van der Waals surface area contributed by atoms with E-state index in [1.165, 1.54) is 0 Å². The molecule has 0 aliphatic carbocycles. The zero-order valence-electron chi connectivity index (χ0n) is 9.72. The average Bonchev–Trinajstić information content (AvgIpc) is 2.27. The Hall–Kier alpha value is -1.58. The summed E-state index contributed by atoms with van der Waals surface area (Å²) < 4.78 is 39.1. The minimum Gasteiger partial charge on any atom is -0.389 e. The molecule has 1 amide bonds. The van der Waals surface area contributed by atoms with Gasteiger partial charge in [-0.3, -0.25) is 4.79 Å². The standard InChI is InChI=1S/C10H12FN3O3S2/c11-8-2-1-6(5-7(8)10(13)18)19(16,17)14-4-3-9(12)15/h1-2,5,14H,3-4H2,(H2,12,15)(H2,13,18). The molecule has 104 valence electrons. The fraction of sp³-hybridized carbons (Fsp3) is 0.200. The first-order valence-electron chi connectivity index (χ1n) is 5.11. The summed E-state index contributed by atoms with van der Waals surface area (Å²) in [5.74, 6) is -1.34. The lowest BCUT2D eigenvalue weighted by Gasteiger charge is -2.08. The van der Waals surface area contributed by atoms with Crippen molar-refractivity contribution in [3.63, 3.8) is 0 Å². The molecule has 0 fully saturated rings. The summed E-state index contributed by atoms with van der Waals surface area (Å²) in [7, 11) is -3.87. The molecule has 6 nitrogen and oxygen atoms in total. The number of carbonyl (C=O) groups excluding carboxylic acids is 1. The molecule has 0 saturated carbocycles. The number of hydrogen-bond donors (Lipinski definition) is 3. The van der Waals surface area contributed by atoms with Crippen molar-refractivity contribution >= 4 is 33.1 Å². The van der Waals surface area contributed by atoms with Crippen LogP contribution in [0.5, 0.6) is 0 Å². The number of rotatable bonds is 6. The highest BCUT2D eigenvalue weighted by Crippen LogP contribution is 2.15. The summed E-state index contributed by atoms with van der Waals surface area (Å²) in [4.78, 5) is 10.1. The lowest BCUT2D eigenvalue weighted by molar-refractivity contribution is -0.117. The summed E-state index contributed by atoms with van der Waals surface area (Å²) in [5, 5.41) is 0. The zero-order valence-corrected chi connectivity index (χ0v) is 11.4. The second-order valence-electron chi connectivity index (χ2n) is 3.62. The second-order valence-corrected chi connectivity index (χ2v) is 5.83. The van der Waals surface area contributed by atoms with Gasteiger partial charge in [0.25, 0.3) is 0 Å². The number of benzene rings is 1. The molecule has 1 aromatic rings. The van der Waals surface area contributed by atoms with Crippen molar-refractivity contribution in [3.05, 3.63) is 29.6 Å². The highest BCUT2D eigenvalue weighted by molar-refractivity contribution is 7.89. The minimum absolute atomic E-state index is 0.136. The molecule has 0 unspecified atom stereocenters. The van der Waals surface area contributed by atoms with Gasteiger partial charge in [-0.15, -0.1) is 0 Å². The van der Waals surface area contributed by atoms with Crippen LogP contribution in [-0.4, -0.2) is 25.9 Å². The summed E-state index contributed by atoms with van der Waals surface area (Å²) >= 11 is 4.62. The molecule has 0 aliphatic heterocycles. The molecule has 0 spiro atoms. The molecule has 0 aliphatic rings. The molecular formula is C10H12FN3O3S2. The van der Waals surface area contributed by atoms with E-state index in [2.05, 4.69) is 16.9 Å². The molecule has 0 radical (unpaired) electrons. The third kappa shape index (κ3) is 4.23. The highest BCUT2D eigenvalue weighted by atomic mass is 32.2. The molecule has 5 N–H and O–H groups in total. The fourth-order valence-corrected chi connectivity index (χ4v) is 2.47. The van der Waals surface area contributed by atoms with Crippen molar-refractivity contribution < 1.29 is 17.6 Å². The predicted molar refractivity (Wildman–Crippen MR) is 71.3 cm³/mol. The number of hydrogen-bond acceptors (Lipinski definition) is 4. The molecular weight excluding hydrogens is 293 g/mol. The van der Waals surface area contributed by atoms with E-state index in [0.717, 1.165) is 18.2 Å². The van der Waals surface area contributed by atoms with Gasteiger partial charge in [0, 0.05) is 18.5 Å². The van der Waals surface area contributed by atoms with Gasteiger partial charge in [0.2, 0.25) is 15.9 Å². The molecule has 0 saturated heterocycles. The Balaban J connectivity index is 2.99. The Morgan fingerprint density at radius 1 is 1.37 bits per heavy atom. The van der Waals surface area contributed by atoms with Crippen LogP contribution in [-0.2, 0) is 14.8 Å². The van der Waals surface area contributed by atoms with Gasteiger partial charge in [-0.2, -0.15) is 0 Å². The van der Waals surface area contributed by atoms with Gasteiger partial charge in [0.05, 0.1) is 4.90 Å². The summed E-state index contributed by atoms with van der Waals surface area (Å²) in [5.41, 5.74) is 10.0. The van der Waals surface area contributed by atoms with Gasteiger partial charge >= 0.3 is 0 Å². The Kier molecular flexibility index (Phi) is 4.92. The third-order valence-electron chi connectivity index (χ3n) is 2.18. The van der Waals surface area contributed by atoms with Crippen molar-refractivity contribution in [1.82, 2.24) is 4.72 Å². The topological polar surface area (TPSA) is 115 Å². The third-order valence-corrected chi connectivity index (χ3v) is 3.86. The molecule has 19 heavy (non-hydrogen) atoms. The van der Waals surface area contributed by atoms with E-state index >= 15 is 0 Å². The normalized spacial score (nSPS) is 11.2. The van der Waals surface area contributed by atoms with Crippen molar-refractivity contribution in [3.8, 4) is 0 Å². The van der Waals surface area contributed by atoms with Crippen molar-refractivity contribution in [2.24, 2.45) is 11.5 Å². The second kappa shape index (κ2) is 6.04. The van der Waals surface area contributed by atoms with E-state index in [4.69, 9.17) is 11.5 Å². The van der Waals surface area contributed by atoms with Crippen molar-refractivity contribution in [1.29, 1.82) is 0 Å². The quantitative estimate of drug-likeness (QED) is 0.619. The highest BCUT2D eigenvalue weighted by Gasteiger charge is 2.17. The van der Waals surface area contributed by atoms with E-state index < -0.39 is 21.7 Å². The van der Waals surface area contributed by atoms with E-state index in [0.29, 0.717) is 0 Å². The Labute approximate surface area is 115 Å². The van der Waals surface area contributed by atoms with Crippen LogP contribution in [0.2, 0.25) is 0 Å². The van der Waals surface area contributed by atoms with Gasteiger partial charge < -0.3 is 11.5 Å². The lowest BCUT2D eigenvalue weighted by Crippen LogP contribution is -2.28. The number of nitrogens with one attached hydrogen (secondary N) is 1. The number of carbonyl (C=O) groups is 1. The number of amides is 1. The van der Waals surface area contributed by atoms with Crippen LogP contribution in [0, 0.1) is 5.82 Å². The Morgan fingerprint density at radius 3 is 2.53 bits per heavy atom. The molecule has 0 heterocycles. The zero-order chi connectivity index (χ0) is 14.6. The van der Waals surface area contributed by atoms with Crippen molar-refractivity contribution in [2.45, 2.75) is 11.3 Å². The van der Waals surface area contributed by atoms with Crippen LogP contribution in [0.4, 0.5) is 4.39 Å². The Bertz CT molecular complexity index is 616. The van der Waals surface area contributed by atoms with Crippen LogP contribution in [0.1, 0.15) is 12.0 Å². The molecule has 0 aromatic heterocycles. The number of thiocarbonyl (C=S) groups is 1. The first kappa shape index (κ1) is 15.5. The van der Waals surface area contributed by atoms with E-state index in [1.807, 2.05) is 0 Å². The van der Waals surface area contributed by atoms with Crippen LogP contribution >= 0.6 is 12.2 Å². The number of sulfonamides is 1. The lowest BCUT2D eigenvalue weighted by atomic mass is 10.2. The SMILES string of the molecule is NC(=O)CCNS(=O)(=O)c1ccc(F)c(C(N)=S)c1. The van der Waals surface area contributed by atoms with Gasteiger partial charge in [0.1, 0.15) is 10.8 Å². The maximum atomic E-state index is 13.3. The molecule has 9 heteroatoms. The van der Waals surface area contributed by atoms with Crippen molar-refractivity contribution in [2.75, 3.05) is 6.54 Å². The van der Waals surface area contributed by atoms with Crippen LogP contribution in [0.25, 0.3) is 0 Å². The monoisotopic (exact) mass is 305 g/mol. The average molecular weight is 305 g/mol. The summed E-state index contributed by atoms with van der Waals surface area (Å²) in [6.07, 6.45) is -0.136. The maximum absolute atomic E-state index is 13.3. The van der Waals surface area contributed by atoms with Gasteiger partial charge in [-0.05, 0) is 18.2 Å². The van der Waals surface area contributed by atoms with Crippen LogP contribution in [0.15, 0.2) is 23.1 Å². The fourth-order valence-electron chi connectivity index (χ4n) is 1.25. The molecule has 1 rings (SSSR count). The molecule has 0 atom stereocenters. The maximum Gasteiger partial charge on any atom is 0.240 e. The first-order valence-corrected chi connectivity index (χ1v) is 7.00. The van der Waals surface area contributed by atoms with E-state index in [9.17, 15) is 17.6 Å². The number of nitrogens with two attached hydrogens (primary N) is 2. The van der Waals surface area contributed by atoms with Crippen LogP contribution in [0.3, 0.4) is 0 Å². The van der Waals surface area contributed by atoms with E-state index in [1.54, 1.807) is 0 Å². The predicted octanol–water partition coefficient (Wildman–Crippen LogP) is -0.386. The summed E-state index contributed by atoms with van der Waals surface area (Å²) in [6.45, 7) is -0.141. The van der Waals surface area contributed by atoms with Gasteiger partial charge in [-0.25, -0.2) is 17.5 Å². The van der Waals surface area contributed by atoms with Crippen LogP contribution < -0.4 is 16.2 Å². The minimum atomic E-state index is -3.87. The largest absolute Gasteiger partial charge is 0.389 e. The molecule has 0 bridgehead atoms. The number of halogens is 1. The van der Waals surface area contributed by atoms with Gasteiger partial charge in [0.15, 0.2) is 0 Å².